The van der Waals surface area contributed by atoms with Gasteiger partial charge >= 0.3 is 0 Å². The van der Waals surface area contributed by atoms with Gasteiger partial charge in [-0.05, 0) is 42.5 Å². The zero-order valence-corrected chi connectivity index (χ0v) is 15.3. The molecule has 0 saturated heterocycles. The molecule has 0 amide bonds. The van der Waals surface area contributed by atoms with Crippen LogP contribution in [0.2, 0.25) is 5.02 Å². The standard InChI is InChI=1S/C21H14ClF2N3O/c22-14-2-4-20-15(10-14)19-11-18(12-5-7-25-8-6-12)26-27(19)21(28-20)13-1-3-16(23)17(24)9-13/h1-10,19,21H,11H2/t19-,21+/m1/s1. The summed E-state index contributed by atoms with van der Waals surface area (Å²) in [6, 6.07) is 12.8. The van der Waals surface area contributed by atoms with Crippen molar-refractivity contribution in [1.29, 1.82) is 0 Å². The van der Waals surface area contributed by atoms with E-state index in [1.807, 2.05) is 18.2 Å². The number of nitrogens with zero attached hydrogens (tertiary/aromatic N) is 3. The molecular weight excluding hydrogens is 384 g/mol. The van der Waals surface area contributed by atoms with Crippen molar-refractivity contribution in [1.82, 2.24) is 9.99 Å². The maximum atomic E-state index is 13.9. The van der Waals surface area contributed by atoms with Crippen LogP contribution in [0.1, 0.15) is 35.4 Å². The second-order valence-electron chi connectivity index (χ2n) is 6.71. The van der Waals surface area contributed by atoms with Gasteiger partial charge in [0.15, 0.2) is 11.6 Å². The molecular formula is C21H14ClF2N3O. The normalized spacial score (nSPS) is 20.2. The van der Waals surface area contributed by atoms with Gasteiger partial charge in [-0.2, -0.15) is 5.10 Å². The minimum Gasteiger partial charge on any atom is -0.464 e. The molecule has 0 bridgehead atoms. The number of pyridine rings is 1. The second-order valence-corrected chi connectivity index (χ2v) is 7.14. The van der Waals surface area contributed by atoms with Crippen molar-refractivity contribution in [2.24, 2.45) is 5.10 Å². The van der Waals surface area contributed by atoms with E-state index in [2.05, 4.69) is 4.98 Å². The van der Waals surface area contributed by atoms with Gasteiger partial charge in [0.1, 0.15) is 5.75 Å². The molecule has 140 valence electrons. The highest BCUT2D eigenvalue weighted by atomic mass is 35.5. The highest BCUT2D eigenvalue weighted by Gasteiger charge is 2.41. The Bertz CT molecular complexity index is 1090. The Hall–Kier alpha value is -2.99. The molecule has 2 aliphatic heterocycles. The molecule has 2 aromatic carbocycles. The molecule has 28 heavy (non-hydrogen) atoms. The third-order valence-corrected chi connectivity index (χ3v) is 5.23. The van der Waals surface area contributed by atoms with Crippen LogP contribution in [0, 0.1) is 11.6 Å². The fourth-order valence-corrected chi connectivity index (χ4v) is 3.84. The number of halogens is 3. The van der Waals surface area contributed by atoms with Crippen LogP contribution in [0.5, 0.6) is 5.75 Å². The van der Waals surface area contributed by atoms with E-state index >= 15 is 0 Å². The van der Waals surface area contributed by atoms with E-state index in [1.54, 1.807) is 29.5 Å². The topological polar surface area (TPSA) is 37.7 Å². The predicted molar refractivity (Wildman–Crippen MR) is 101 cm³/mol. The summed E-state index contributed by atoms with van der Waals surface area (Å²) in [4.78, 5) is 4.05. The SMILES string of the molecule is Fc1ccc([C@@H]2Oc3ccc(Cl)cc3[C@H]3CC(c4ccncc4)=NN32)cc1F. The quantitative estimate of drug-likeness (QED) is 0.592. The number of rotatable bonds is 2. The molecule has 0 N–H and O–H groups in total. The molecule has 5 rings (SSSR count). The van der Waals surface area contributed by atoms with Gasteiger partial charge in [0, 0.05) is 40.5 Å². The molecule has 3 aromatic rings. The number of ether oxygens (including phenoxy) is 1. The predicted octanol–water partition coefficient (Wildman–Crippen LogP) is 5.26. The highest BCUT2D eigenvalue weighted by molar-refractivity contribution is 6.30. The van der Waals surface area contributed by atoms with E-state index in [4.69, 9.17) is 21.4 Å². The third kappa shape index (κ3) is 2.81. The van der Waals surface area contributed by atoms with Crippen molar-refractivity contribution in [3.8, 4) is 5.75 Å². The van der Waals surface area contributed by atoms with Gasteiger partial charge in [-0.25, -0.2) is 13.8 Å². The molecule has 2 atom stereocenters. The first-order chi connectivity index (χ1) is 13.6. The van der Waals surface area contributed by atoms with Crippen LogP contribution in [-0.4, -0.2) is 15.7 Å². The van der Waals surface area contributed by atoms with E-state index in [0.29, 0.717) is 22.8 Å². The smallest absolute Gasteiger partial charge is 0.213 e. The van der Waals surface area contributed by atoms with Crippen molar-refractivity contribution in [2.75, 3.05) is 0 Å². The van der Waals surface area contributed by atoms with Gasteiger partial charge in [0.25, 0.3) is 0 Å². The van der Waals surface area contributed by atoms with Gasteiger partial charge in [-0.15, -0.1) is 0 Å². The third-order valence-electron chi connectivity index (χ3n) is 4.99. The van der Waals surface area contributed by atoms with Crippen LogP contribution in [0.25, 0.3) is 0 Å². The van der Waals surface area contributed by atoms with Gasteiger partial charge in [-0.1, -0.05) is 17.7 Å². The summed E-state index contributed by atoms with van der Waals surface area (Å²) in [6.07, 6.45) is 3.39. The molecule has 0 saturated carbocycles. The van der Waals surface area contributed by atoms with Crippen molar-refractivity contribution in [2.45, 2.75) is 18.7 Å². The van der Waals surface area contributed by atoms with Gasteiger partial charge in [0.05, 0.1) is 11.8 Å². The molecule has 0 radical (unpaired) electrons. The first-order valence-electron chi connectivity index (χ1n) is 8.77. The van der Waals surface area contributed by atoms with Crippen LogP contribution in [0.4, 0.5) is 8.78 Å². The summed E-state index contributed by atoms with van der Waals surface area (Å²) in [5.74, 6) is -1.16. The van der Waals surface area contributed by atoms with Gasteiger partial charge < -0.3 is 4.74 Å². The van der Waals surface area contributed by atoms with Gasteiger partial charge in [0.2, 0.25) is 6.23 Å². The number of aromatic nitrogens is 1. The minimum absolute atomic E-state index is 0.122. The number of hydrazone groups is 1. The lowest BCUT2D eigenvalue weighted by atomic mass is 9.96. The molecule has 3 heterocycles. The molecule has 1 aromatic heterocycles. The zero-order valence-electron chi connectivity index (χ0n) is 14.5. The Kier molecular flexibility index (Phi) is 4.02. The van der Waals surface area contributed by atoms with Crippen LogP contribution >= 0.6 is 11.6 Å². The lowest BCUT2D eigenvalue weighted by Gasteiger charge is -2.38. The number of fused-ring (bicyclic) bond motifs is 3. The summed E-state index contributed by atoms with van der Waals surface area (Å²) in [5.41, 5.74) is 3.23. The summed E-state index contributed by atoms with van der Waals surface area (Å²) < 4.78 is 33.4. The van der Waals surface area contributed by atoms with Crippen molar-refractivity contribution < 1.29 is 13.5 Å². The lowest BCUT2D eigenvalue weighted by Crippen LogP contribution is -2.33. The van der Waals surface area contributed by atoms with E-state index in [9.17, 15) is 8.78 Å². The Balaban J connectivity index is 1.62. The molecule has 2 aliphatic rings. The summed E-state index contributed by atoms with van der Waals surface area (Å²) in [6.45, 7) is 0. The van der Waals surface area contributed by atoms with Crippen LogP contribution in [0.3, 0.4) is 0 Å². The average molecular weight is 398 g/mol. The monoisotopic (exact) mass is 397 g/mol. The van der Waals surface area contributed by atoms with Crippen LogP contribution < -0.4 is 4.74 Å². The van der Waals surface area contributed by atoms with Crippen LogP contribution in [0.15, 0.2) is 66.0 Å². The Morgan fingerprint density at radius 3 is 2.61 bits per heavy atom. The van der Waals surface area contributed by atoms with E-state index < -0.39 is 17.9 Å². The lowest BCUT2D eigenvalue weighted by molar-refractivity contribution is -0.0192. The first kappa shape index (κ1) is 17.1. The Labute approximate surface area is 165 Å². The summed E-state index contributed by atoms with van der Waals surface area (Å²) in [7, 11) is 0. The molecule has 0 fully saturated rings. The number of hydrogen-bond acceptors (Lipinski definition) is 4. The van der Waals surface area contributed by atoms with Crippen molar-refractivity contribution in [3.63, 3.8) is 0 Å². The maximum absolute atomic E-state index is 13.9. The van der Waals surface area contributed by atoms with E-state index in [-0.39, 0.29) is 6.04 Å². The molecule has 0 aliphatic carbocycles. The first-order valence-corrected chi connectivity index (χ1v) is 9.15. The fraction of sp³-hybridized carbons (Fsp3) is 0.143. The Morgan fingerprint density at radius 2 is 1.82 bits per heavy atom. The highest BCUT2D eigenvalue weighted by Crippen LogP contribution is 2.48. The molecule has 4 nitrogen and oxygen atoms in total. The number of benzene rings is 2. The maximum Gasteiger partial charge on any atom is 0.213 e. The number of hydrogen-bond donors (Lipinski definition) is 0. The second kappa shape index (κ2) is 6.56. The fourth-order valence-electron chi connectivity index (χ4n) is 3.66. The van der Waals surface area contributed by atoms with Crippen molar-refractivity contribution in [3.05, 3.63) is 94.3 Å². The van der Waals surface area contributed by atoms with E-state index in [0.717, 1.165) is 29.0 Å². The largest absolute Gasteiger partial charge is 0.464 e. The summed E-state index contributed by atoms with van der Waals surface area (Å²) >= 11 is 6.20. The minimum atomic E-state index is -0.919. The van der Waals surface area contributed by atoms with Crippen molar-refractivity contribution >= 4 is 17.3 Å². The molecule has 0 unspecified atom stereocenters. The summed E-state index contributed by atoms with van der Waals surface area (Å²) in [5, 5.41) is 7.15. The Morgan fingerprint density at radius 1 is 1.00 bits per heavy atom. The van der Waals surface area contributed by atoms with Crippen LogP contribution in [-0.2, 0) is 0 Å². The average Bonchev–Trinajstić information content (AvgIpc) is 3.16. The zero-order chi connectivity index (χ0) is 19.3. The molecule has 0 spiro atoms. The van der Waals surface area contributed by atoms with Gasteiger partial charge in [-0.3, -0.25) is 4.98 Å². The molecule has 7 heteroatoms. The van der Waals surface area contributed by atoms with E-state index in [1.165, 1.54) is 6.07 Å².